The van der Waals surface area contributed by atoms with E-state index in [1.165, 1.54) is 0 Å². The highest BCUT2D eigenvalue weighted by molar-refractivity contribution is 5.87. The summed E-state index contributed by atoms with van der Waals surface area (Å²) >= 11 is 0. The summed E-state index contributed by atoms with van der Waals surface area (Å²) in [5, 5.41) is 5.91. The maximum Gasteiger partial charge on any atom is 0.239 e. The zero-order valence-corrected chi connectivity index (χ0v) is 11.2. The molecule has 2 amide bonds. The van der Waals surface area contributed by atoms with Crippen LogP contribution in [-0.4, -0.2) is 62.7 Å². The van der Waals surface area contributed by atoms with Crippen LogP contribution in [0, 0.1) is 0 Å². The fraction of sp³-hybridized carbons (Fsp3) is 0.833. The number of carbonyl (C=O) groups is 2. The van der Waals surface area contributed by atoms with Gasteiger partial charge in [0, 0.05) is 26.8 Å². The average Bonchev–Trinajstić information content (AvgIpc) is 2.50. The van der Waals surface area contributed by atoms with Crippen LogP contribution in [0.15, 0.2) is 0 Å². The SMILES string of the molecule is COCCCNC(=O)CN1CCCNC(C)C1=O. The number of hydrogen-bond donors (Lipinski definition) is 2. The van der Waals surface area contributed by atoms with Gasteiger partial charge >= 0.3 is 0 Å². The smallest absolute Gasteiger partial charge is 0.239 e. The first-order valence-electron chi connectivity index (χ1n) is 6.43. The Morgan fingerprint density at radius 1 is 1.61 bits per heavy atom. The number of nitrogens with zero attached hydrogens (tertiary/aromatic N) is 1. The molecule has 0 bridgehead atoms. The number of methoxy groups -OCH3 is 1. The van der Waals surface area contributed by atoms with Crippen LogP contribution >= 0.6 is 0 Å². The van der Waals surface area contributed by atoms with Gasteiger partial charge in [0.2, 0.25) is 11.8 Å². The van der Waals surface area contributed by atoms with Gasteiger partial charge in [0.25, 0.3) is 0 Å². The summed E-state index contributed by atoms with van der Waals surface area (Å²) in [5.74, 6) is -0.104. The lowest BCUT2D eigenvalue weighted by molar-refractivity contribution is -0.136. The Balaban J connectivity index is 2.30. The van der Waals surface area contributed by atoms with Crippen molar-refractivity contribution in [2.45, 2.75) is 25.8 Å². The predicted molar refractivity (Wildman–Crippen MR) is 68.2 cm³/mol. The lowest BCUT2D eigenvalue weighted by atomic mass is 10.3. The zero-order chi connectivity index (χ0) is 13.4. The Morgan fingerprint density at radius 3 is 3.11 bits per heavy atom. The van der Waals surface area contributed by atoms with Gasteiger partial charge in [-0.1, -0.05) is 0 Å². The molecule has 0 aliphatic carbocycles. The highest BCUT2D eigenvalue weighted by atomic mass is 16.5. The minimum Gasteiger partial charge on any atom is -0.385 e. The first-order chi connectivity index (χ1) is 8.65. The lowest BCUT2D eigenvalue weighted by Gasteiger charge is -2.21. The van der Waals surface area contributed by atoms with Crippen LogP contribution in [0.5, 0.6) is 0 Å². The van der Waals surface area contributed by atoms with Crippen LogP contribution < -0.4 is 10.6 Å². The van der Waals surface area contributed by atoms with Crippen LogP contribution in [0.3, 0.4) is 0 Å². The van der Waals surface area contributed by atoms with E-state index in [2.05, 4.69) is 10.6 Å². The van der Waals surface area contributed by atoms with Crippen molar-refractivity contribution < 1.29 is 14.3 Å². The Hall–Kier alpha value is -1.14. The van der Waals surface area contributed by atoms with Crippen molar-refractivity contribution in [1.29, 1.82) is 0 Å². The number of carbonyl (C=O) groups excluding carboxylic acids is 2. The molecule has 0 spiro atoms. The van der Waals surface area contributed by atoms with Crippen LogP contribution in [0.25, 0.3) is 0 Å². The molecule has 1 aliphatic heterocycles. The molecule has 6 nitrogen and oxygen atoms in total. The van der Waals surface area contributed by atoms with E-state index in [4.69, 9.17) is 4.74 Å². The second-order valence-corrected chi connectivity index (χ2v) is 4.49. The summed E-state index contributed by atoms with van der Waals surface area (Å²) in [4.78, 5) is 25.2. The molecule has 1 saturated heterocycles. The third-order valence-electron chi connectivity index (χ3n) is 2.92. The first kappa shape index (κ1) is 14.9. The van der Waals surface area contributed by atoms with E-state index in [9.17, 15) is 9.59 Å². The van der Waals surface area contributed by atoms with Gasteiger partial charge in [-0.2, -0.15) is 0 Å². The van der Waals surface area contributed by atoms with Gasteiger partial charge < -0.3 is 20.3 Å². The standard InChI is InChI=1S/C12H23N3O3/c1-10-12(17)15(7-3-5-13-10)9-11(16)14-6-4-8-18-2/h10,13H,3-9H2,1-2H3,(H,14,16). The van der Waals surface area contributed by atoms with E-state index in [1.807, 2.05) is 6.92 Å². The van der Waals surface area contributed by atoms with Gasteiger partial charge in [-0.25, -0.2) is 0 Å². The van der Waals surface area contributed by atoms with Gasteiger partial charge in [-0.05, 0) is 26.3 Å². The maximum atomic E-state index is 11.9. The third-order valence-corrected chi connectivity index (χ3v) is 2.92. The normalized spacial score (nSPS) is 20.7. The summed E-state index contributed by atoms with van der Waals surface area (Å²) in [5.41, 5.74) is 0. The predicted octanol–water partition coefficient (Wildman–Crippen LogP) is -0.650. The molecule has 1 fully saturated rings. The summed E-state index contributed by atoms with van der Waals surface area (Å²) in [6, 6.07) is -0.200. The molecule has 18 heavy (non-hydrogen) atoms. The van der Waals surface area contributed by atoms with Gasteiger partial charge in [-0.3, -0.25) is 9.59 Å². The second kappa shape index (κ2) is 8.05. The van der Waals surface area contributed by atoms with Crippen molar-refractivity contribution in [3.63, 3.8) is 0 Å². The Labute approximate surface area is 108 Å². The molecule has 1 aliphatic rings. The lowest BCUT2D eigenvalue weighted by Crippen LogP contribution is -2.46. The number of amides is 2. The minimum absolute atomic E-state index is 0.000425. The molecule has 1 heterocycles. The van der Waals surface area contributed by atoms with Crippen LogP contribution in [0.1, 0.15) is 19.8 Å². The second-order valence-electron chi connectivity index (χ2n) is 4.49. The largest absolute Gasteiger partial charge is 0.385 e. The monoisotopic (exact) mass is 257 g/mol. The Bertz CT molecular complexity index is 284. The van der Waals surface area contributed by atoms with Crippen LogP contribution in [0.2, 0.25) is 0 Å². The molecule has 0 radical (unpaired) electrons. The van der Waals surface area contributed by atoms with Gasteiger partial charge in [0.1, 0.15) is 0 Å². The molecule has 0 aromatic rings. The molecule has 104 valence electrons. The number of hydrogen-bond acceptors (Lipinski definition) is 4. The summed E-state index contributed by atoms with van der Waals surface area (Å²) in [7, 11) is 1.63. The summed E-state index contributed by atoms with van der Waals surface area (Å²) in [6.45, 7) is 4.65. The molecule has 1 unspecified atom stereocenters. The van der Waals surface area contributed by atoms with E-state index in [0.717, 1.165) is 19.4 Å². The summed E-state index contributed by atoms with van der Waals surface area (Å²) in [6.07, 6.45) is 1.67. The molecule has 6 heteroatoms. The number of ether oxygens (including phenoxy) is 1. The molecule has 0 aromatic heterocycles. The molecular formula is C12H23N3O3. The highest BCUT2D eigenvalue weighted by Crippen LogP contribution is 2.01. The molecule has 0 aromatic carbocycles. The van der Waals surface area contributed by atoms with Crippen molar-refractivity contribution in [1.82, 2.24) is 15.5 Å². The van der Waals surface area contributed by atoms with E-state index >= 15 is 0 Å². The van der Waals surface area contributed by atoms with Crippen LogP contribution in [0.4, 0.5) is 0 Å². The van der Waals surface area contributed by atoms with E-state index in [0.29, 0.717) is 19.7 Å². The van der Waals surface area contributed by atoms with E-state index in [-0.39, 0.29) is 24.4 Å². The van der Waals surface area contributed by atoms with Crippen molar-refractivity contribution in [3.05, 3.63) is 0 Å². The molecule has 1 atom stereocenters. The molecule has 1 rings (SSSR count). The highest BCUT2D eigenvalue weighted by Gasteiger charge is 2.24. The van der Waals surface area contributed by atoms with E-state index in [1.54, 1.807) is 12.0 Å². The summed E-state index contributed by atoms with van der Waals surface area (Å²) < 4.78 is 4.90. The molecule has 2 N–H and O–H groups in total. The van der Waals surface area contributed by atoms with E-state index < -0.39 is 0 Å². The fourth-order valence-corrected chi connectivity index (χ4v) is 1.89. The fourth-order valence-electron chi connectivity index (χ4n) is 1.89. The first-order valence-corrected chi connectivity index (χ1v) is 6.43. The number of nitrogens with one attached hydrogen (secondary N) is 2. The molecule has 0 saturated carbocycles. The van der Waals surface area contributed by atoms with Crippen LogP contribution in [-0.2, 0) is 14.3 Å². The molecular weight excluding hydrogens is 234 g/mol. The maximum absolute atomic E-state index is 11.9. The van der Waals surface area contributed by atoms with Crippen molar-refractivity contribution in [2.24, 2.45) is 0 Å². The zero-order valence-electron chi connectivity index (χ0n) is 11.2. The number of rotatable bonds is 6. The minimum atomic E-state index is -0.200. The average molecular weight is 257 g/mol. The Kier molecular flexibility index (Phi) is 6.67. The van der Waals surface area contributed by atoms with Gasteiger partial charge in [-0.15, -0.1) is 0 Å². The Morgan fingerprint density at radius 2 is 2.39 bits per heavy atom. The third kappa shape index (κ3) is 5.01. The topological polar surface area (TPSA) is 70.7 Å². The van der Waals surface area contributed by atoms with Gasteiger partial charge in [0.05, 0.1) is 12.6 Å². The van der Waals surface area contributed by atoms with Crippen molar-refractivity contribution in [2.75, 3.05) is 39.9 Å². The quantitative estimate of drug-likeness (QED) is 0.620. The van der Waals surface area contributed by atoms with Gasteiger partial charge in [0.15, 0.2) is 0 Å². The van der Waals surface area contributed by atoms with Crippen molar-refractivity contribution >= 4 is 11.8 Å². The van der Waals surface area contributed by atoms with Crippen molar-refractivity contribution in [3.8, 4) is 0 Å².